The fraction of sp³-hybridized carbons (Fsp3) is 0.304. The predicted octanol–water partition coefficient (Wildman–Crippen LogP) is 4.46. The Morgan fingerprint density at radius 2 is 1.63 bits per heavy atom. The number of hydrogen-bond acceptors (Lipinski definition) is 7. The molecule has 0 unspecified atom stereocenters. The summed E-state index contributed by atoms with van der Waals surface area (Å²) < 4.78 is 21.9. The molecule has 2 aromatic carbocycles. The van der Waals surface area contributed by atoms with E-state index in [9.17, 15) is 0 Å². The monoisotopic (exact) mass is 409 g/mol. The number of benzene rings is 2. The molecule has 0 fully saturated rings. The number of fused-ring (bicyclic) bond motifs is 1. The second-order valence-electron chi connectivity index (χ2n) is 6.47. The molecule has 7 nitrogen and oxygen atoms in total. The van der Waals surface area contributed by atoms with Gasteiger partial charge in [-0.1, -0.05) is 24.3 Å². The van der Waals surface area contributed by atoms with E-state index >= 15 is 0 Å². The highest BCUT2D eigenvalue weighted by molar-refractivity contribution is 5.93. The van der Waals surface area contributed by atoms with Crippen LogP contribution in [0.4, 0.5) is 11.5 Å². The number of allylic oxidation sites excluding steroid dienone is 1. The average Bonchev–Trinajstić information content (AvgIpc) is 2.75. The highest BCUT2D eigenvalue weighted by Gasteiger charge is 2.13. The van der Waals surface area contributed by atoms with Crippen molar-refractivity contribution in [3.05, 3.63) is 54.4 Å². The van der Waals surface area contributed by atoms with Crippen LogP contribution in [0.25, 0.3) is 17.0 Å². The molecule has 0 spiro atoms. The molecule has 0 atom stereocenters. The lowest BCUT2D eigenvalue weighted by Gasteiger charge is -2.15. The first kappa shape index (κ1) is 21.5. The van der Waals surface area contributed by atoms with E-state index in [2.05, 4.69) is 33.5 Å². The molecule has 1 heterocycles. The Morgan fingerprint density at radius 3 is 2.33 bits per heavy atom. The average molecular weight is 409 g/mol. The third kappa shape index (κ3) is 5.68. The summed E-state index contributed by atoms with van der Waals surface area (Å²) in [7, 11) is 3.27. The fourth-order valence-corrected chi connectivity index (χ4v) is 2.91. The minimum absolute atomic E-state index is 0.407. The van der Waals surface area contributed by atoms with Crippen LogP contribution in [-0.2, 0) is 9.47 Å². The van der Waals surface area contributed by atoms with E-state index in [1.54, 1.807) is 14.2 Å². The van der Waals surface area contributed by atoms with Crippen molar-refractivity contribution >= 4 is 28.5 Å². The third-order valence-corrected chi connectivity index (χ3v) is 4.30. The van der Waals surface area contributed by atoms with Crippen molar-refractivity contribution in [2.45, 2.75) is 6.92 Å². The largest absolute Gasteiger partial charge is 0.487 e. The zero-order valence-corrected chi connectivity index (χ0v) is 17.6. The molecule has 0 aliphatic carbocycles. The van der Waals surface area contributed by atoms with Crippen LogP contribution in [-0.4, -0.2) is 50.6 Å². The minimum atomic E-state index is 0.407. The topological polar surface area (TPSA) is 74.7 Å². The van der Waals surface area contributed by atoms with Crippen molar-refractivity contribution in [2.24, 2.45) is 0 Å². The van der Waals surface area contributed by atoms with Gasteiger partial charge in [-0.25, -0.2) is 9.97 Å². The van der Waals surface area contributed by atoms with Crippen LogP contribution >= 0.6 is 0 Å². The van der Waals surface area contributed by atoms with Crippen LogP contribution in [0.3, 0.4) is 0 Å². The second-order valence-corrected chi connectivity index (χ2v) is 6.47. The molecule has 3 aromatic rings. The van der Waals surface area contributed by atoms with Gasteiger partial charge < -0.3 is 24.3 Å². The highest BCUT2D eigenvalue weighted by atomic mass is 16.5. The molecule has 158 valence electrons. The van der Waals surface area contributed by atoms with Crippen LogP contribution in [0.2, 0.25) is 0 Å². The van der Waals surface area contributed by atoms with Gasteiger partial charge in [0.25, 0.3) is 0 Å². The molecular formula is C23H27N3O4. The summed E-state index contributed by atoms with van der Waals surface area (Å²) in [6.45, 7) is 3.77. The quantitative estimate of drug-likeness (QED) is 0.469. The van der Waals surface area contributed by atoms with Crippen molar-refractivity contribution in [2.75, 3.05) is 46.0 Å². The Kier molecular flexibility index (Phi) is 8.00. The summed E-state index contributed by atoms with van der Waals surface area (Å²) >= 11 is 0. The SMILES string of the molecule is CC=Cc1cccc(Nc2ncnc3cc(OCCOC)c(OCCOC)cc23)c1. The lowest BCUT2D eigenvalue weighted by atomic mass is 10.1. The molecule has 0 radical (unpaired) electrons. The van der Waals surface area contributed by atoms with Gasteiger partial charge in [0, 0.05) is 31.4 Å². The first-order valence-electron chi connectivity index (χ1n) is 9.77. The van der Waals surface area contributed by atoms with Gasteiger partial charge >= 0.3 is 0 Å². The normalized spacial score (nSPS) is 11.2. The maximum Gasteiger partial charge on any atom is 0.163 e. The fourth-order valence-electron chi connectivity index (χ4n) is 2.91. The second kappa shape index (κ2) is 11.1. The van der Waals surface area contributed by atoms with Crippen molar-refractivity contribution < 1.29 is 18.9 Å². The Morgan fingerprint density at radius 1 is 0.900 bits per heavy atom. The molecular weight excluding hydrogens is 382 g/mol. The van der Waals surface area contributed by atoms with E-state index in [0.717, 1.165) is 22.2 Å². The lowest BCUT2D eigenvalue weighted by Crippen LogP contribution is -2.09. The molecule has 0 bridgehead atoms. The van der Waals surface area contributed by atoms with E-state index in [1.165, 1.54) is 6.33 Å². The van der Waals surface area contributed by atoms with Gasteiger partial charge in [-0.05, 0) is 30.7 Å². The molecule has 0 aliphatic rings. The molecule has 1 N–H and O–H groups in total. The molecule has 30 heavy (non-hydrogen) atoms. The predicted molar refractivity (Wildman–Crippen MR) is 119 cm³/mol. The number of ether oxygens (including phenoxy) is 4. The van der Waals surface area contributed by atoms with Crippen molar-refractivity contribution in [3.63, 3.8) is 0 Å². The van der Waals surface area contributed by atoms with Crippen LogP contribution in [0.5, 0.6) is 11.5 Å². The first-order chi connectivity index (χ1) is 14.7. The third-order valence-electron chi connectivity index (χ3n) is 4.30. The number of hydrogen-bond donors (Lipinski definition) is 1. The van der Waals surface area contributed by atoms with Crippen molar-refractivity contribution in [1.82, 2.24) is 9.97 Å². The first-order valence-corrected chi connectivity index (χ1v) is 9.77. The van der Waals surface area contributed by atoms with Gasteiger partial charge in [-0.2, -0.15) is 0 Å². The van der Waals surface area contributed by atoms with Crippen LogP contribution in [0, 0.1) is 0 Å². The Balaban J connectivity index is 1.95. The summed E-state index contributed by atoms with van der Waals surface area (Å²) in [5.74, 6) is 1.91. The summed E-state index contributed by atoms with van der Waals surface area (Å²) in [6, 6.07) is 11.9. The zero-order valence-electron chi connectivity index (χ0n) is 17.6. The smallest absolute Gasteiger partial charge is 0.163 e. The number of nitrogens with zero attached hydrogens (tertiary/aromatic N) is 2. The number of rotatable bonds is 11. The minimum Gasteiger partial charge on any atom is -0.487 e. The van der Waals surface area contributed by atoms with Gasteiger partial charge in [0.05, 0.1) is 18.7 Å². The zero-order chi connectivity index (χ0) is 21.2. The van der Waals surface area contributed by atoms with Gasteiger partial charge in [-0.15, -0.1) is 0 Å². The van der Waals surface area contributed by atoms with E-state index < -0.39 is 0 Å². The van der Waals surface area contributed by atoms with Gasteiger partial charge in [0.15, 0.2) is 11.5 Å². The molecule has 0 amide bonds. The highest BCUT2D eigenvalue weighted by Crippen LogP contribution is 2.35. The maximum atomic E-state index is 5.89. The van der Waals surface area contributed by atoms with Gasteiger partial charge in [-0.3, -0.25) is 0 Å². The van der Waals surface area contributed by atoms with E-state index in [4.69, 9.17) is 18.9 Å². The van der Waals surface area contributed by atoms with Gasteiger partial charge in [0.1, 0.15) is 25.4 Å². The Hall–Kier alpha value is -3.16. The van der Waals surface area contributed by atoms with Gasteiger partial charge in [0.2, 0.25) is 0 Å². The summed E-state index contributed by atoms with van der Waals surface area (Å²) in [6.07, 6.45) is 5.59. The summed E-state index contributed by atoms with van der Waals surface area (Å²) in [5.41, 5.74) is 2.80. The molecule has 7 heteroatoms. The number of nitrogens with one attached hydrogen (secondary N) is 1. The standard InChI is InChI=1S/C23H27N3O4/c1-4-6-17-7-5-8-18(13-17)26-23-19-14-21(29-11-9-27-2)22(30-12-10-28-3)15-20(19)24-16-25-23/h4-8,13-16H,9-12H2,1-3H3,(H,24,25,26). The number of aromatic nitrogens is 2. The Bertz CT molecular complexity index is 991. The van der Waals surface area contributed by atoms with Crippen molar-refractivity contribution in [3.8, 4) is 11.5 Å². The molecule has 3 rings (SSSR count). The summed E-state index contributed by atoms with van der Waals surface area (Å²) in [4.78, 5) is 8.84. The van der Waals surface area contributed by atoms with E-state index in [-0.39, 0.29) is 0 Å². The van der Waals surface area contributed by atoms with E-state index in [0.29, 0.717) is 43.7 Å². The molecule has 1 aromatic heterocycles. The van der Waals surface area contributed by atoms with Crippen molar-refractivity contribution in [1.29, 1.82) is 0 Å². The van der Waals surface area contributed by atoms with Crippen LogP contribution in [0.15, 0.2) is 48.8 Å². The maximum absolute atomic E-state index is 5.89. The summed E-state index contributed by atoms with van der Waals surface area (Å²) in [5, 5.41) is 4.22. The molecule has 0 aliphatic heterocycles. The number of methoxy groups -OCH3 is 2. The number of anilines is 2. The molecule has 0 saturated carbocycles. The Labute approximate surface area is 176 Å². The van der Waals surface area contributed by atoms with Crippen LogP contribution < -0.4 is 14.8 Å². The molecule has 0 saturated heterocycles. The lowest BCUT2D eigenvalue weighted by molar-refractivity contribution is 0.132. The van der Waals surface area contributed by atoms with E-state index in [1.807, 2.05) is 37.3 Å². The van der Waals surface area contributed by atoms with Crippen LogP contribution in [0.1, 0.15) is 12.5 Å².